The van der Waals surface area contributed by atoms with Crippen LogP contribution in [0.4, 0.5) is 0 Å². The van der Waals surface area contributed by atoms with Gasteiger partial charge < -0.3 is 15.4 Å². The van der Waals surface area contributed by atoms with Crippen LogP contribution in [-0.4, -0.2) is 49.4 Å². The van der Waals surface area contributed by atoms with E-state index < -0.39 is 0 Å². The Morgan fingerprint density at radius 2 is 2.50 bits per heavy atom. The van der Waals surface area contributed by atoms with Crippen LogP contribution in [-0.2, 0) is 4.74 Å². The molecule has 2 N–H and O–H groups in total. The van der Waals surface area contributed by atoms with Gasteiger partial charge in [0.1, 0.15) is 0 Å². The summed E-state index contributed by atoms with van der Waals surface area (Å²) in [6.07, 6.45) is 3.67. The molecule has 2 aliphatic rings. The Bertz CT molecular complexity index is 201. The lowest BCUT2D eigenvalue weighted by molar-refractivity contribution is 0.0209. The summed E-state index contributed by atoms with van der Waals surface area (Å²) in [5.74, 6) is 2.55. The summed E-state index contributed by atoms with van der Waals surface area (Å²) in [5, 5.41) is 7.11. The molecule has 2 rings (SSSR count). The minimum absolute atomic E-state index is 0.106. The second-order valence-electron chi connectivity index (χ2n) is 5.09. The minimum Gasteiger partial charge on any atom is -0.374 e. The van der Waals surface area contributed by atoms with Gasteiger partial charge in [0, 0.05) is 37.2 Å². The number of hydrogen-bond acceptors (Lipinski definition) is 4. The van der Waals surface area contributed by atoms with Crippen molar-refractivity contribution < 1.29 is 4.74 Å². The Labute approximate surface area is 103 Å². The number of nitrogens with one attached hydrogen (secondary N) is 2. The van der Waals surface area contributed by atoms with Gasteiger partial charge in [-0.1, -0.05) is 0 Å². The maximum atomic E-state index is 5.75. The normalized spacial score (nSPS) is 35.4. The Morgan fingerprint density at radius 1 is 1.56 bits per heavy atom. The maximum Gasteiger partial charge on any atom is 0.0779 e. The van der Waals surface area contributed by atoms with Crippen molar-refractivity contribution in [1.29, 1.82) is 0 Å². The molecule has 0 aliphatic carbocycles. The summed E-state index contributed by atoms with van der Waals surface area (Å²) < 4.78 is 5.75. The molecule has 2 unspecified atom stereocenters. The Hall–Kier alpha value is 0.230. The highest BCUT2D eigenvalue weighted by Crippen LogP contribution is 2.23. The monoisotopic (exact) mass is 244 g/mol. The van der Waals surface area contributed by atoms with E-state index in [-0.39, 0.29) is 5.60 Å². The van der Waals surface area contributed by atoms with Gasteiger partial charge >= 0.3 is 0 Å². The highest BCUT2D eigenvalue weighted by Gasteiger charge is 2.28. The van der Waals surface area contributed by atoms with Gasteiger partial charge in [0.25, 0.3) is 0 Å². The first-order valence-electron chi connectivity index (χ1n) is 6.44. The first-order valence-corrected chi connectivity index (χ1v) is 7.60. The molecular formula is C12H24N2OS. The van der Waals surface area contributed by atoms with Crippen molar-refractivity contribution in [2.45, 2.75) is 37.8 Å². The van der Waals surface area contributed by atoms with E-state index in [1.165, 1.54) is 37.3 Å². The quantitative estimate of drug-likeness (QED) is 0.713. The predicted octanol–water partition coefficient (Wildman–Crippen LogP) is 1.24. The standard InChI is InChI=1S/C12H24N2OS/c1-12(4-2-7-15-12)10-13-5-3-11-9-16-8-6-14-11/h11,13-14H,2-10H2,1H3. The molecule has 2 aliphatic heterocycles. The Balaban J connectivity index is 1.54. The smallest absolute Gasteiger partial charge is 0.0779 e. The first kappa shape index (κ1) is 12.7. The average Bonchev–Trinajstić information content (AvgIpc) is 2.74. The second kappa shape index (κ2) is 6.24. The summed E-state index contributed by atoms with van der Waals surface area (Å²) in [4.78, 5) is 0. The Kier molecular flexibility index (Phi) is 4.95. The van der Waals surface area contributed by atoms with Crippen molar-refractivity contribution in [3.05, 3.63) is 0 Å². The van der Waals surface area contributed by atoms with Gasteiger partial charge in [-0.05, 0) is 32.7 Å². The molecule has 0 aromatic carbocycles. The fourth-order valence-corrected chi connectivity index (χ4v) is 3.41. The van der Waals surface area contributed by atoms with Gasteiger partial charge in [-0.2, -0.15) is 11.8 Å². The third-order valence-corrected chi connectivity index (χ3v) is 4.60. The van der Waals surface area contributed by atoms with E-state index in [0.29, 0.717) is 6.04 Å². The van der Waals surface area contributed by atoms with Gasteiger partial charge in [-0.15, -0.1) is 0 Å². The SMILES string of the molecule is CC1(CNCCC2CSCCN2)CCCO1. The molecule has 0 bridgehead atoms. The lowest BCUT2D eigenvalue weighted by atomic mass is 10.0. The lowest BCUT2D eigenvalue weighted by Gasteiger charge is -2.26. The van der Waals surface area contributed by atoms with Gasteiger partial charge in [-0.25, -0.2) is 0 Å². The molecule has 2 heterocycles. The average molecular weight is 244 g/mol. The molecule has 2 fully saturated rings. The summed E-state index contributed by atoms with van der Waals surface area (Å²) in [5.41, 5.74) is 0.106. The molecule has 2 atom stereocenters. The van der Waals surface area contributed by atoms with E-state index in [1.807, 2.05) is 0 Å². The van der Waals surface area contributed by atoms with Crippen LogP contribution in [0.25, 0.3) is 0 Å². The van der Waals surface area contributed by atoms with Crippen molar-refractivity contribution in [2.75, 3.05) is 37.7 Å². The first-order chi connectivity index (χ1) is 7.79. The molecule has 0 radical (unpaired) electrons. The maximum absolute atomic E-state index is 5.75. The van der Waals surface area contributed by atoms with E-state index in [9.17, 15) is 0 Å². The molecule has 0 aromatic heterocycles. The summed E-state index contributed by atoms with van der Waals surface area (Å²) in [7, 11) is 0. The molecule has 2 saturated heterocycles. The molecule has 4 heteroatoms. The number of hydrogen-bond donors (Lipinski definition) is 2. The van der Waals surface area contributed by atoms with E-state index in [0.717, 1.165) is 19.7 Å². The van der Waals surface area contributed by atoms with Gasteiger partial charge in [0.05, 0.1) is 5.60 Å². The van der Waals surface area contributed by atoms with Crippen molar-refractivity contribution in [3.8, 4) is 0 Å². The van der Waals surface area contributed by atoms with E-state index in [1.54, 1.807) is 0 Å². The molecule has 0 amide bonds. The third kappa shape index (κ3) is 3.91. The number of thioether (sulfide) groups is 1. The lowest BCUT2D eigenvalue weighted by Crippen LogP contribution is -2.42. The van der Waals surface area contributed by atoms with Crippen LogP contribution in [0.15, 0.2) is 0 Å². The highest BCUT2D eigenvalue weighted by atomic mass is 32.2. The molecular weight excluding hydrogens is 220 g/mol. The van der Waals surface area contributed by atoms with Crippen LogP contribution in [0.5, 0.6) is 0 Å². The van der Waals surface area contributed by atoms with Gasteiger partial charge in [-0.3, -0.25) is 0 Å². The zero-order chi connectivity index (χ0) is 11.3. The second-order valence-corrected chi connectivity index (χ2v) is 6.24. The molecule has 0 spiro atoms. The van der Waals surface area contributed by atoms with Gasteiger partial charge in [0.2, 0.25) is 0 Å². The zero-order valence-corrected chi connectivity index (χ0v) is 11.1. The van der Waals surface area contributed by atoms with Crippen LogP contribution < -0.4 is 10.6 Å². The zero-order valence-electron chi connectivity index (χ0n) is 10.3. The Morgan fingerprint density at radius 3 is 3.19 bits per heavy atom. The van der Waals surface area contributed by atoms with Crippen LogP contribution in [0, 0.1) is 0 Å². The van der Waals surface area contributed by atoms with Crippen molar-refractivity contribution in [2.24, 2.45) is 0 Å². The molecule has 0 aromatic rings. The topological polar surface area (TPSA) is 33.3 Å². The number of ether oxygens (including phenoxy) is 1. The summed E-state index contributed by atoms with van der Waals surface area (Å²) >= 11 is 2.07. The van der Waals surface area contributed by atoms with Gasteiger partial charge in [0.15, 0.2) is 0 Å². The largest absolute Gasteiger partial charge is 0.374 e. The van der Waals surface area contributed by atoms with E-state index >= 15 is 0 Å². The fraction of sp³-hybridized carbons (Fsp3) is 1.00. The third-order valence-electron chi connectivity index (χ3n) is 3.47. The van der Waals surface area contributed by atoms with Crippen LogP contribution in [0.1, 0.15) is 26.2 Å². The van der Waals surface area contributed by atoms with Crippen molar-refractivity contribution >= 4 is 11.8 Å². The molecule has 16 heavy (non-hydrogen) atoms. The molecule has 94 valence electrons. The van der Waals surface area contributed by atoms with E-state index in [4.69, 9.17) is 4.74 Å². The minimum atomic E-state index is 0.106. The molecule has 3 nitrogen and oxygen atoms in total. The predicted molar refractivity (Wildman–Crippen MR) is 70.2 cm³/mol. The molecule has 0 saturated carbocycles. The van der Waals surface area contributed by atoms with Crippen LogP contribution in [0.2, 0.25) is 0 Å². The van der Waals surface area contributed by atoms with Crippen LogP contribution >= 0.6 is 11.8 Å². The highest BCUT2D eigenvalue weighted by molar-refractivity contribution is 7.99. The fourth-order valence-electron chi connectivity index (χ4n) is 2.41. The van der Waals surface area contributed by atoms with E-state index in [2.05, 4.69) is 29.3 Å². The summed E-state index contributed by atoms with van der Waals surface area (Å²) in [6.45, 7) is 6.46. The van der Waals surface area contributed by atoms with Crippen molar-refractivity contribution in [1.82, 2.24) is 10.6 Å². The van der Waals surface area contributed by atoms with Crippen LogP contribution in [0.3, 0.4) is 0 Å². The summed E-state index contributed by atoms with van der Waals surface area (Å²) in [6, 6.07) is 0.712. The van der Waals surface area contributed by atoms with Crippen molar-refractivity contribution in [3.63, 3.8) is 0 Å². The number of rotatable bonds is 5.